The van der Waals surface area contributed by atoms with Gasteiger partial charge in [-0.15, -0.1) is 0 Å². The Kier molecular flexibility index (Phi) is 3.74. The Hall–Kier alpha value is -1.06. The van der Waals surface area contributed by atoms with E-state index in [2.05, 4.69) is 43.1 Å². The summed E-state index contributed by atoms with van der Waals surface area (Å²) in [7, 11) is 2.17. The van der Waals surface area contributed by atoms with Crippen LogP contribution in [0.5, 0.6) is 5.75 Å². The molecule has 1 aromatic rings. The second-order valence-electron chi connectivity index (χ2n) is 6.62. The maximum absolute atomic E-state index is 6.19. The van der Waals surface area contributed by atoms with Crippen LogP contribution in [-0.4, -0.2) is 37.2 Å². The van der Waals surface area contributed by atoms with Gasteiger partial charge in [0.2, 0.25) is 0 Å². The van der Waals surface area contributed by atoms with E-state index < -0.39 is 0 Å². The molecule has 1 saturated carbocycles. The first-order valence-electron chi connectivity index (χ1n) is 7.81. The lowest BCUT2D eigenvalue weighted by molar-refractivity contribution is 0.104. The van der Waals surface area contributed by atoms with Gasteiger partial charge in [0, 0.05) is 18.0 Å². The van der Waals surface area contributed by atoms with Crippen molar-refractivity contribution in [1.29, 1.82) is 0 Å². The predicted octanol–water partition coefficient (Wildman–Crippen LogP) is 2.54. The SMILES string of the molecule is CC(N)C1(c2cccc(OC3CCCN(C)C3)c2)CC1. The molecule has 0 amide bonds. The number of rotatable bonds is 4. The van der Waals surface area contributed by atoms with Crippen LogP contribution in [-0.2, 0) is 5.41 Å². The highest BCUT2D eigenvalue weighted by molar-refractivity contribution is 5.39. The normalized spacial score (nSPS) is 27.1. The Morgan fingerprint density at radius 3 is 2.85 bits per heavy atom. The molecule has 1 heterocycles. The number of benzene rings is 1. The molecule has 1 saturated heterocycles. The van der Waals surface area contributed by atoms with Crippen molar-refractivity contribution in [3.05, 3.63) is 29.8 Å². The van der Waals surface area contributed by atoms with Crippen LogP contribution in [0, 0.1) is 0 Å². The summed E-state index contributed by atoms with van der Waals surface area (Å²) >= 11 is 0. The molecule has 3 heteroatoms. The molecular formula is C17H26N2O. The zero-order valence-electron chi connectivity index (χ0n) is 12.6. The first kappa shape index (κ1) is 13.9. The lowest BCUT2D eigenvalue weighted by Crippen LogP contribution is -2.38. The van der Waals surface area contributed by atoms with Gasteiger partial charge in [-0.2, -0.15) is 0 Å². The summed E-state index contributed by atoms with van der Waals surface area (Å²) in [5, 5.41) is 0. The Balaban J connectivity index is 1.72. The fourth-order valence-corrected chi connectivity index (χ4v) is 3.43. The zero-order valence-corrected chi connectivity index (χ0v) is 12.6. The first-order valence-corrected chi connectivity index (χ1v) is 7.81. The number of piperidine rings is 1. The van der Waals surface area contributed by atoms with Crippen LogP contribution >= 0.6 is 0 Å². The summed E-state index contributed by atoms with van der Waals surface area (Å²) in [5.74, 6) is 1.01. The largest absolute Gasteiger partial charge is 0.489 e. The minimum atomic E-state index is 0.211. The third kappa shape index (κ3) is 2.70. The average molecular weight is 274 g/mol. The molecule has 110 valence electrons. The summed E-state index contributed by atoms with van der Waals surface area (Å²) in [4.78, 5) is 2.35. The zero-order chi connectivity index (χ0) is 14.2. The van der Waals surface area contributed by atoms with Crippen molar-refractivity contribution >= 4 is 0 Å². The summed E-state index contributed by atoms with van der Waals surface area (Å²) in [6, 6.07) is 8.83. The number of nitrogens with zero attached hydrogens (tertiary/aromatic N) is 1. The van der Waals surface area contributed by atoms with Gasteiger partial charge in [-0.25, -0.2) is 0 Å². The van der Waals surface area contributed by atoms with Crippen molar-refractivity contribution in [2.24, 2.45) is 5.73 Å². The maximum atomic E-state index is 6.19. The molecule has 20 heavy (non-hydrogen) atoms. The van der Waals surface area contributed by atoms with Crippen LogP contribution in [0.15, 0.2) is 24.3 Å². The Morgan fingerprint density at radius 1 is 1.40 bits per heavy atom. The van der Waals surface area contributed by atoms with Gasteiger partial charge in [0.1, 0.15) is 11.9 Å². The van der Waals surface area contributed by atoms with E-state index in [-0.39, 0.29) is 11.5 Å². The van der Waals surface area contributed by atoms with E-state index in [4.69, 9.17) is 10.5 Å². The minimum absolute atomic E-state index is 0.211. The van der Waals surface area contributed by atoms with Crippen LogP contribution in [0.1, 0.15) is 38.2 Å². The third-order valence-corrected chi connectivity index (χ3v) is 4.95. The summed E-state index contributed by atoms with van der Waals surface area (Å²) in [6.07, 6.45) is 5.13. The van der Waals surface area contributed by atoms with Gasteiger partial charge in [-0.3, -0.25) is 0 Å². The van der Waals surface area contributed by atoms with E-state index in [1.165, 1.54) is 31.4 Å². The molecule has 2 unspecified atom stereocenters. The summed E-state index contributed by atoms with van der Waals surface area (Å²) in [6.45, 7) is 4.34. The second-order valence-corrected chi connectivity index (χ2v) is 6.62. The molecule has 2 fully saturated rings. The number of hydrogen-bond acceptors (Lipinski definition) is 3. The molecule has 2 aliphatic rings. The number of hydrogen-bond donors (Lipinski definition) is 1. The molecule has 2 N–H and O–H groups in total. The van der Waals surface area contributed by atoms with Crippen molar-refractivity contribution in [2.75, 3.05) is 20.1 Å². The topological polar surface area (TPSA) is 38.5 Å². The van der Waals surface area contributed by atoms with E-state index in [1.54, 1.807) is 0 Å². The quantitative estimate of drug-likeness (QED) is 0.917. The minimum Gasteiger partial charge on any atom is -0.489 e. The Labute approximate surface area is 122 Å². The fraction of sp³-hybridized carbons (Fsp3) is 0.647. The number of likely N-dealkylation sites (tertiary alicyclic amines) is 1. The van der Waals surface area contributed by atoms with Gasteiger partial charge in [0.05, 0.1) is 0 Å². The second kappa shape index (κ2) is 5.38. The molecule has 0 radical (unpaired) electrons. The first-order chi connectivity index (χ1) is 9.60. The van der Waals surface area contributed by atoms with E-state index in [1.807, 2.05) is 0 Å². The molecule has 1 aliphatic heterocycles. The van der Waals surface area contributed by atoms with E-state index in [0.29, 0.717) is 6.10 Å². The highest BCUT2D eigenvalue weighted by Crippen LogP contribution is 2.50. The fourth-order valence-electron chi connectivity index (χ4n) is 3.43. The van der Waals surface area contributed by atoms with Crippen molar-refractivity contribution in [2.45, 2.75) is 50.2 Å². The van der Waals surface area contributed by atoms with Gasteiger partial charge in [0.25, 0.3) is 0 Å². The summed E-state index contributed by atoms with van der Waals surface area (Å²) < 4.78 is 6.19. The third-order valence-electron chi connectivity index (χ3n) is 4.95. The number of nitrogens with two attached hydrogens (primary N) is 1. The molecule has 1 aromatic carbocycles. The Bertz CT molecular complexity index is 468. The molecule has 1 aliphatic carbocycles. The molecule has 2 atom stereocenters. The van der Waals surface area contributed by atoms with Gasteiger partial charge in [-0.1, -0.05) is 12.1 Å². The van der Waals surface area contributed by atoms with Gasteiger partial charge < -0.3 is 15.4 Å². The van der Waals surface area contributed by atoms with Crippen LogP contribution in [0.3, 0.4) is 0 Å². The van der Waals surface area contributed by atoms with Crippen molar-refractivity contribution in [1.82, 2.24) is 4.90 Å². The van der Waals surface area contributed by atoms with E-state index >= 15 is 0 Å². The van der Waals surface area contributed by atoms with Crippen molar-refractivity contribution in [3.8, 4) is 5.75 Å². The van der Waals surface area contributed by atoms with Crippen LogP contribution in [0.25, 0.3) is 0 Å². The predicted molar refractivity (Wildman–Crippen MR) is 82.2 cm³/mol. The Morgan fingerprint density at radius 2 is 2.20 bits per heavy atom. The molecule has 3 nitrogen and oxygen atoms in total. The van der Waals surface area contributed by atoms with Gasteiger partial charge in [-0.05, 0) is 63.9 Å². The van der Waals surface area contributed by atoms with Crippen LogP contribution in [0.2, 0.25) is 0 Å². The lowest BCUT2D eigenvalue weighted by atomic mass is 9.89. The lowest BCUT2D eigenvalue weighted by Gasteiger charge is -2.30. The maximum Gasteiger partial charge on any atom is 0.120 e. The van der Waals surface area contributed by atoms with E-state index in [0.717, 1.165) is 18.7 Å². The monoisotopic (exact) mass is 274 g/mol. The molecule has 0 spiro atoms. The molecule has 3 rings (SSSR count). The van der Waals surface area contributed by atoms with Crippen molar-refractivity contribution < 1.29 is 4.74 Å². The molecular weight excluding hydrogens is 248 g/mol. The standard InChI is InChI=1S/C17H26N2O/c1-13(18)17(8-9-17)14-5-3-6-15(11-14)20-16-7-4-10-19(2)12-16/h3,5-6,11,13,16H,4,7-10,12,18H2,1-2H3. The highest BCUT2D eigenvalue weighted by atomic mass is 16.5. The van der Waals surface area contributed by atoms with Crippen molar-refractivity contribution in [3.63, 3.8) is 0 Å². The van der Waals surface area contributed by atoms with Crippen LogP contribution < -0.4 is 10.5 Å². The van der Waals surface area contributed by atoms with Gasteiger partial charge >= 0.3 is 0 Å². The average Bonchev–Trinajstić information content (AvgIpc) is 3.20. The van der Waals surface area contributed by atoms with Gasteiger partial charge in [0.15, 0.2) is 0 Å². The van der Waals surface area contributed by atoms with Crippen LogP contribution in [0.4, 0.5) is 0 Å². The number of ether oxygens (including phenoxy) is 1. The number of likely N-dealkylation sites (N-methyl/N-ethyl adjacent to an activating group) is 1. The summed E-state index contributed by atoms with van der Waals surface area (Å²) in [5.41, 5.74) is 7.74. The molecule has 0 bridgehead atoms. The van der Waals surface area contributed by atoms with E-state index in [9.17, 15) is 0 Å². The smallest absolute Gasteiger partial charge is 0.120 e. The highest BCUT2D eigenvalue weighted by Gasteiger charge is 2.47. The molecule has 0 aromatic heterocycles.